The molecule has 1 aromatic rings. The van der Waals surface area contributed by atoms with Crippen molar-refractivity contribution in [1.29, 1.82) is 0 Å². The summed E-state index contributed by atoms with van der Waals surface area (Å²) in [4.78, 5) is 15.4. The van der Waals surface area contributed by atoms with Gasteiger partial charge in [0, 0.05) is 37.7 Å². The summed E-state index contributed by atoms with van der Waals surface area (Å²) in [5.41, 5.74) is 5.60. The summed E-state index contributed by atoms with van der Waals surface area (Å²) in [6.45, 7) is 0.640. The van der Waals surface area contributed by atoms with E-state index in [4.69, 9.17) is 10.5 Å². The summed E-state index contributed by atoms with van der Waals surface area (Å²) < 4.78 is 49.2. The van der Waals surface area contributed by atoms with Crippen LogP contribution in [0.25, 0.3) is 0 Å². The number of aromatic nitrogens is 1. The molecule has 0 spiro atoms. The SMILES string of the molecule is COC(=O)CC1CCN(S(=O)(=O)c2ccc(OCC(=CF)CN)nc2)CC1. The van der Waals surface area contributed by atoms with Crippen molar-refractivity contribution in [1.82, 2.24) is 9.29 Å². The van der Waals surface area contributed by atoms with Crippen molar-refractivity contribution in [2.24, 2.45) is 11.7 Å². The van der Waals surface area contributed by atoms with E-state index in [1.165, 1.54) is 29.7 Å². The first-order valence-corrected chi connectivity index (χ1v) is 9.98. The topological polar surface area (TPSA) is 112 Å². The summed E-state index contributed by atoms with van der Waals surface area (Å²) in [5, 5.41) is 0. The molecule has 2 rings (SSSR count). The number of methoxy groups -OCH3 is 1. The quantitative estimate of drug-likeness (QED) is 0.652. The van der Waals surface area contributed by atoms with Gasteiger partial charge >= 0.3 is 5.97 Å². The number of halogens is 1. The molecule has 1 fully saturated rings. The number of sulfonamides is 1. The standard InChI is InChI=1S/C17H24FN3O5S/c1-25-17(22)8-13-4-6-21(7-5-13)27(23,24)15-2-3-16(20-11-15)26-12-14(9-18)10-19/h2-3,9,11,13H,4-8,10,12,19H2,1H3. The van der Waals surface area contributed by atoms with Crippen molar-refractivity contribution in [3.8, 4) is 5.88 Å². The highest BCUT2D eigenvalue weighted by atomic mass is 32.2. The number of piperidine rings is 1. The third-order valence-corrected chi connectivity index (χ3v) is 6.31. The number of nitrogens with two attached hydrogens (primary N) is 1. The second-order valence-corrected chi connectivity index (χ2v) is 8.16. The highest BCUT2D eigenvalue weighted by molar-refractivity contribution is 7.89. The Kier molecular flexibility index (Phi) is 7.69. The fourth-order valence-electron chi connectivity index (χ4n) is 2.73. The van der Waals surface area contributed by atoms with Crippen molar-refractivity contribution < 1.29 is 27.1 Å². The molecule has 0 aromatic carbocycles. The van der Waals surface area contributed by atoms with Crippen LogP contribution >= 0.6 is 0 Å². The summed E-state index contributed by atoms with van der Waals surface area (Å²) in [7, 11) is -2.33. The van der Waals surface area contributed by atoms with Crippen molar-refractivity contribution >= 4 is 16.0 Å². The van der Waals surface area contributed by atoms with Gasteiger partial charge in [0.15, 0.2) is 0 Å². The third kappa shape index (κ3) is 5.72. The molecule has 10 heteroatoms. The summed E-state index contributed by atoms with van der Waals surface area (Å²) in [5.74, 6) is 0.0214. The van der Waals surface area contributed by atoms with Crippen LogP contribution in [0.4, 0.5) is 4.39 Å². The van der Waals surface area contributed by atoms with Gasteiger partial charge in [-0.2, -0.15) is 4.31 Å². The normalized spacial score (nSPS) is 16.9. The Morgan fingerprint density at radius 2 is 2.11 bits per heavy atom. The number of pyridine rings is 1. The van der Waals surface area contributed by atoms with Crippen molar-refractivity contribution in [2.45, 2.75) is 24.2 Å². The molecule has 150 valence electrons. The molecule has 0 aliphatic carbocycles. The molecule has 0 atom stereocenters. The second kappa shape index (κ2) is 9.77. The predicted molar refractivity (Wildman–Crippen MR) is 96.1 cm³/mol. The number of rotatable bonds is 8. The van der Waals surface area contributed by atoms with Crippen LogP contribution in [0, 0.1) is 5.92 Å². The lowest BCUT2D eigenvalue weighted by molar-refractivity contribution is -0.142. The smallest absolute Gasteiger partial charge is 0.305 e. The zero-order valence-electron chi connectivity index (χ0n) is 15.1. The van der Waals surface area contributed by atoms with Crippen molar-refractivity contribution in [3.05, 3.63) is 30.2 Å². The molecule has 1 aliphatic heterocycles. The van der Waals surface area contributed by atoms with E-state index in [9.17, 15) is 17.6 Å². The molecule has 0 radical (unpaired) electrons. The average Bonchev–Trinajstić information content (AvgIpc) is 2.69. The van der Waals surface area contributed by atoms with E-state index >= 15 is 0 Å². The minimum absolute atomic E-state index is 0.0227. The molecule has 0 amide bonds. The molecule has 2 N–H and O–H groups in total. The fraction of sp³-hybridized carbons (Fsp3) is 0.529. The van der Waals surface area contributed by atoms with Gasteiger partial charge in [-0.05, 0) is 24.8 Å². The molecule has 0 bridgehead atoms. The first-order valence-electron chi connectivity index (χ1n) is 8.54. The number of nitrogens with zero attached hydrogens (tertiary/aromatic N) is 2. The Bertz CT molecular complexity index is 759. The van der Waals surface area contributed by atoms with E-state index in [1.54, 1.807) is 0 Å². The lowest BCUT2D eigenvalue weighted by atomic mass is 9.95. The fourth-order valence-corrected chi connectivity index (χ4v) is 4.14. The molecule has 0 unspecified atom stereocenters. The maximum absolute atomic E-state index is 12.7. The monoisotopic (exact) mass is 401 g/mol. The number of carbonyl (C=O) groups is 1. The maximum Gasteiger partial charge on any atom is 0.305 e. The number of hydrogen-bond donors (Lipinski definition) is 1. The van der Waals surface area contributed by atoms with E-state index in [-0.39, 0.29) is 41.4 Å². The van der Waals surface area contributed by atoms with Crippen LogP contribution in [-0.2, 0) is 19.6 Å². The Hall–Kier alpha value is -2.04. The molecule has 1 aliphatic rings. The molecule has 1 aromatic heterocycles. The lowest BCUT2D eigenvalue weighted by Crippen LogP contribution is -2.39. The van der Waals surface area contributed by atoms with Gasteiger partial charge in [-0.15, -0.1) is 0 Å². The minimum Gasteiger partial charge on any atom is -0.473 e. The van der Waals surface area contributed by atoms with E-state index in [1.807, 2.05) is 0 Å². The van der Waals surface area contributed by atoms with Crippen molar-refractivity contribution in [3.63, 3.8) is 0 Å². The highest BCUT2D eigenvalue weighted by Crippen LogP contribution is 2.26. The first kappa shape index (κ1) is 21.3. The lowest BCUT2D eigenvalue weighted by Gasteiger charge is -2.30. The summed E-state index contributed by atoms with van der Waals surface area (Å²) >= 11 is 0. The predicted octanol–water partition coefficient (Wildman–Crippen LogP) is 1.24. The summed E-state index contributed by atoms with van der Waals surface area (Å²) in [6.07, 6.45) is 3.09. The highest BCUT2D eigenvalue weighted by Gasteiger charge is 2.30. The Labute approximate surface area is 158 Å². The van der Waals surface area contributed by atoms with Crippen molar-refractivity contribution in [2.75, 3.05) is 33.4 Å². The van der Waals surface area contributed by atoms with Crippen LogP contribution in [0.5, 0.6) is 5.88 Å². The average molecular weight is 401 g/mol. The number of esters is 1. The van der Waals surface area contributed by atoms with Crippen LogP contribution in [0.2, 0.25) is 0 Å². The first-order chi connectivity index (χ1) is 12.9. The largest absolute Gasteiger partial charge is 0.473 e. The van der Waals surface area contributed by atoms with Gasteiger partial charge in [0.1, 0.15) is 11.5 Å². The third-order valence-electron chi connectivity index (χ3n) is 4.43. The van der Waals surface area contributed by atoms with E-state index in [0.717, 1.165) is 0 Å². The zero-order chi connectivity index (χ0) is 19.9. The molecule has 0 saturated carbocycles. The number of carbonyl (C=O) groups excluding carboxylic acids is 1. The Balaban J connectivity index is 1.96. The minimum atomic E-state index is -3.67. The maximum atomic E-state index is 12.7. The zero-order valence-corrected chi connectivity index (χ0v) is 16.0. The van der Waals surface area contributed by atoms with Gasteiger partial charge < -0.3 is 15.2 Å². The van der Waals surface area contributed by atoms with Gasteiger partial charge in [0.2, 0.25) is 15.9 Å². The summed E-state index contributed by atoms with van der Waals surface area (Å²) in [6, 6.07) is 2.82. The van der Waals surface area contributed by atoms with Crippen LogP contribution in [-0.4, -0.2) is 57.0 Å². The van der Waals surface area contributed by atoms with E-state index in [0.29, 0.717) is 38.7 Å². The molecule has 1 saturated heterocycles. The second-order valence-electron chi connectivity index (χ2n) is 6.22. The van der Waals surface area contributed by atoms with Gasteiger partial charge in [-0.1, -0.05) is 0 Å². The molecular formula is C17H24FN3O5S. The molecule has 2 heterocycles. The molecule has 8 nitrogen and oxygen atoms in total. The molecule has 27 heavy (non-hydrogen) atoms. The van der Waals surface area contributed by atoms with Gasteiger partial charge in [0.25, 0.3) is 0 Å². The number of ether oxygens (including phenoxy) is 2. The van der Waals surface area contributed by atoms with Gasteiger partial charge in [-0.25, -0.2) is 17.8 Å². The molecular weight excluding hydrogens is 377 g/mol. The van der Waals surface area contributed by atoms with Gasteiger partial charge in [-0.3, -0.25) is 4.79 Å². The van der Waals surface area contributed by atoms with Crippen LogP contribution < -0.4 is 10.5 Å². The van der Waals surface area contributed by atoms with E-state index in [2.05, 4.69) is 9.72 Å². The van der Waals surface area contributed by atoms with Crippen LogP contribution in [0.3, 0.4) is 0 Å². The van der Waals surface area contributed by atoms with Gasteiger partial charge in [0.05, 0.1) is 19.6 Å². The number of hydrogen-bond acceptors (Lipinski definition) is 7. The van der Waals surface area contributed by atoms with Crippen LogP contribution in [0.15, 0.2) is 35.1 Å². The Morgan fingerprint density at radius 1 is 1.41 bits per heavy atom. The van der Waals surface area contributed by atoms with E-state index < -0.39 is 10.0 Å². The Morgan fingerprint density at radius 3 is 2.63 bits per heavy atom. The van der Waals surface area contributed by atoms with Crippen LogP contribution in [0.1, 0.15) is 19.3 Å².